The highest BCUT2D eigenvalue weighted by molar-refractivity contribution is 7.13. The Morgan fingerprint density at radius 2 is 1.69 bits per heavy atom. The number of amides is 2. The van der Waals surface area contributed by atoms with Gasteiger partial charge in [0.1, 0.15) is 46.3 Å². The number of rotatable bonds is 8. The average Bonchev–Trinajstić information content (AvgIpc) is 3.57. The van der Waals surface area contributed by atoms with E-state index in [0.717, 1.165) is 6.26 Å². The highest BCUT2D eigenvalue weighted by atomic mass is 32.1. The van der Waals surface area contributed by atoms with Gasteiger partial charge in [-0.25, -0.2) is 29.5 Å². The lowest BCUT2D eigenvalue weighted by molar-refractivity contribution is -0.139. The molecule has 4 aromatic heterocycles. The van der Waals surface area contributed by atoms with E-state index in [-0.39, 0.29) is 23.9 Å². The largest absolute Gasteiger partial charge is 0.480 e. The summed E-state index contributed by atoms with van der Waals surface area (Å²) in [6, 6.07) is -1.22. The molecule has 13 nitrogen and oxygen atoms in total. The molecule has 15 heteroatoms. The molecule has 0 aliphatic carbocycles. The number of oxazole rings is 2. The number of nitrogens with one attached hydrogen (secondary N) is 1. The number of nitrogens with two attached hydrogens (primary N) is 1. The summed E-state index contributed by atoms with van der Waals surface area (Å²) in [6.07, 6.45) is 1.68. The van der Waals surface area contributed by atoms with E-state index in [1.54, 1.807) is 31.5 Å². The highest BCUT2D eigenvalue weighted by Crippen LogP contribution is 2.30. The topological polar surface area (TPSA) is 197 Å². The molecule has 0 fully saturated rings. The highest BCUT2D eigenvalue weighted by Gasteiger charge is 2.26. The number of hydrogen-bond acceptors (Lipinski definition) is 12. The minimum Gasteiger partial charge on any atom is -0.480 e. The van der Waals surface area contributed by atoms with E-state index >= 15 is 0 Å². The number of carboxylic acids is 1. The predicted octanol–water partition coefficient (Wildman–Crippen LogP) is 3.20. The van der Waals surface area contributed by atoms with Gasteiger partial charge in [-0.05, 0) is 20.8 Å². The third-order valence-electron chi connectivity index (χ3n) is 4.34. The number of thiazole rings is 2. The maximum atomic E-state index is 12.0. The maximum Gasteiger partial charge on any atom is 0.408 e. The zero-order valence-corrected chi connectivity index (χ0v) is 20.8. The van der Waals surface area contributed by atoms with Crippen molar-refractivity contribution in [2.75, 3.05) is 0 Å². The number of ether oxygens (including phenoxy) is 1. The number of hydrogen-bond donors (Lipinski definition) is 3. The van der Waals surface area contributed by atoms with Crippen molar-refractivity contribution in [3.05, 3.63) is 34.0 Å². The normalized spacial score (nSPS) is 12.3. The van der Waals surface area contributed by atoms with Gasteiger partial charge >= 0.3 is 12.1 Å². The van der Waals surface area contributed by atoms with Crippen molar-refractivity contribution < 1.29 is 33.1 Å². The molecule has 1 unspecified atom stereocenters. The molecule has 2 amide bonds. The Kier molecular flexibility index (Phi) is 6.85. The van der Waals surface area contributed by atoms with E-state index in [1.807, 2.05) is 0 Å². The molecule has 0 aromatic carbocycles. The van der Waals surface area contributed by atoms with Gasteiger partial charge in [-0.1, -0.05) is 0 Å². The lowest BCUT2D eigenvalue weighted by atomic mass is 10.2. The fourth-order valence-corrected chi connectivity index (χ4v) is 4.37. The summed E-state index contributed by atoms with van der Waals surface area (Å²) < 4.78 is 15.9. The Hall–Kier alpha value is -4.11. The standard InChI is InChI=1S/C21H20N6O7S2/c1-21(2,3)34-20(31)27-9(19(29)30)4-14-23-12(7-35-14)16-25-11(6-33-16)18-26-13(8-36-18)17-24-10(5-32-17)15(22)28/h5-9H,4H2,1-3H3,(H2,22,28)(H,27,31)(H,29,30). The molecule has 0 bridgehead atoms. The molecule has 4 rings (SSSR count). The molecular formula is C21H20N6O7S2. The molecular weight excluding hydrogens is 512 g/mol. The summed E-state index contributed by atoms with van der Waals surface area (Å²) in [6.45, 7) is 5.04. The number of primary amides is 1. The fourth-order valence-electron chi connectivity index (χ4n) is 2.81. The molecule has 0 spiro atoms. The first-order chi connectivity index (χ1) is 17.0. The second kappa shape index (κ2) is 9.87. The quantitative estimate of drug-likeness (QED) is 0.301. The number of aromatic nitrogens is 4. The maximum absolute atomic E-state index is 12.0. The van der Waals surface area contributed by atoms with Crippen LogP contribution in [0.5, 0.6) is 0 Å². The van der Waals surface area contributed by atoms with Crippen LogP contribution in [0.15, 0.2) is 32.1 Å². The summed E-state index contributed by atoms with van der Waals surface area (Å²) in [5.41, 5.74) is 5.66. The van der Waals surface area contributed by atoms with Crippen molar-refractivity contribution in [3.8, 4) is 33.9 Å². The van der Waals surface area contributed by atoms with Gasteiger partial charge in [-0.15, -0.1) is 22.7 Å². The number of carbonyl (C=O) groups excluding carboxylic acids is 2. The number of carbonyl (C=O) groups is 3. The average molecular weight is 533 g/mol. The summed E-state index contributed by atoms with van der Waals surface area (Å²) >= 11 is 2.47. The Balaban J connectivity index is 1.45. The van der Waals surface area contributed by atoms with Gasteiger partial charge in [0.15, 0.2) is 5.69 Å². The van der Waals surface area contributed by atoms with Crippen LogP contribution in [0, 0.1) is 0 Å². The van der Waals surface area contributed by atoms with E-state index < -0.39 is 29.6 Å². The van der Waals surface area contributed by atoms with Gasteiger partial charge < -0.3 is 29.7 Å². The molecule has 0 saturated heterocycles. The van der Waals surface area contributed by atoms with Crippen LogP contribution in [0.25, 0.3) is 33.9 Å². The fraction of sp³-hybridized carbons (Fsp3) is 0.286. The van der Waals surface area contributed by atoms with Crippen LogP contribution in [0.3, 0.4) is 0 Å². The zero-order valence-electron chi connectivity index (χ0n) is 19.2. The van der Waals surface area contributed by atoms with Crippen LogP contribution in [0.4, 0.5) is 4.79 Å². The molecule has 4 N–H and O–H groups in total. The first kappa shape index (κ1) is 25.0. The summed E-state index contributed by atoms with van der Waals surface area (Å²) in [7, 11) is 0. The first-order valence-electron chi connectivity index (χ1n) is 10.3. The van der Waals surface area contributed by atoms with Gasteiger partial charge in [0.2, 0.25) is 11.8 Å². The van der Waals surface area contributed by atoms with Crippen LogP contribution in [-0.2, 0) is 16.0 Å². The van der Waals surface area contributed by atoms with Gasteiger partial charge in [0.05, 0.1) is 5.01 Å². The van der Waals surface area contributed by atoms with E-state index in [1.165, 1.54) is 28.9 Å². The van der Waals surface area contributed by atoms with Gasteiger partial charge in [0.25, 0.3) is 5.91 Å². The van der Waals surface area contributed by atoms with Crippen LogP contribution >= 0.6 is 22.7 Å². The Bertz CT molecular complexity index is 1410. The third kappa shape index (κ3) is 5.92. The molecule has 36 heavy (non-hydrogen) atoms. The molecule has 4 heterocycles. The first-order valence-corrected chi connectivity index (χ1v) is 12.1. The minimum absolute atomic E-state index is 0.00552. The lowest BCUT2D eigenvalue weighted by Crippen LogP contribution is -2.44. The smallest absolute Gasteiger partial charge is 0.408 e. The number of carboxylic acid groups (broad SMARTS) is 1. The van der Waals surface area contributed by atoms with E-state index in [2.05, 4.69) is 25.3 Å². The van der Waals surface area contributed by atoms with E-state index in [4.69, 9.17) is 19.3 Å². The zero-order chi connectivity index (χ0) is 26.0. The third-order valence-corrected chi connectivity index (χ3v) is 6.08. The van der Waals surface area contributed by atoms with Crippen molar-refractivity contribution in [3.63, 3.8) is 0 Å². The van der Waals surface area contributed by atoms with E-state index in [9.17, 15) is 19.5 Å². The summed E-state index contributed by atoms with van der Waals surface area (Å²) in [5, 5.41) is 16.2. The molecule has 0 aliphatic rings. The van der Waals surface area contributed by atoms with Crippen molar-refractivity contribution in [2.45, 2.75) is 38.8 Å². The number of aliphatic carboxylic acids is 1. The predicted molar refractivity (Wildman–Crippen MR) is 127 cm³/mol. The lowest BCUT2D eigenvalue weighted by Gasteiger charge is -2.21. The molecule has 188 valence electrons. The van der Waals surface area contributed by atoms with Crippen LogP contribution in [0.2, 0.25) is 0 Å². The van der Waals surface area contributed by atoms with Crippen molar-refractivity contribution in [2.24, 2.45) is 5.73 Å². The van der Waals surface area contributed by atoms with Crippen LogP contribution in [-0.4, -0.2) is 54.7 Å². The summed E-state index contributed by atoms with van der Waals surface area (Å²) in [5.74, 6) is -1.57. The number of alkyl carbamates (subject to hydrolysis) is 1. The Labute approximate surface area is 211 Å². The molecule has 1 atom stereocenters. The minimum atomic E-state index is -1.22. The Morgan fingerprint density at radius 3 is 2.36 bits per heavy atom. The number of nitrogens with zero attached hydrogens (tertiary/aromatic N) is 4. The van der Waals surface area contributed by atoms with Crippen LogP contribution < -0.4 is 11.1 Å². The van der Waals surface area contributed by atoms with Crippen molar-refractivity contribution >= 4 is 40.6 Å². The van der Waals surface area contributed by atoms with Crippen molar-refractivity contribution in [1.82, 2.24) is 25.3 Å². The van der Waals surface area contributed by atoms with Crippen molar-refractivity contribution in [1.29, 1.82) is 0 Å². The van der Waals surface area contributed by atoms with Crippen LogP contribution in [0.1, 0.15) is 36.3 Å². The summed E-state index contributed by atoms with van der Waals surface area (Å²) in [4.78, 5) is 52.0. The SMILES string of the molecule is CC(C)(C)OC(=O)NC(Cc1nc(-c2nc(-c3nc(-c4nc(C(N)=O)co4)cs3)co2)cs1)C(=O)O. The second-order valence-electron chi connectivity index (χ2n) is 8.35. The molecule has 0 aliphatic heterocycles. The Morgan fingerprint density at radius 1 is 1.03 bits per heavy atom. The van der Waals surface area contributed by atoms with Gasteiger partial charge in [-0.3, -0.25) is 4.79 Å². The monoisotopic (exact) mass is 532 g/mol. The van der Waals surface area contributed by atoms with E-state index in [0.29, 0.717) is 27.1 Å². The molecule has 0 saturated carbocycles. The van der Waals surface area contributed by atoms with Gasteiger partial charge in [0, 0.05) is 17.2 Å². The second-order valence-corrected chi connectivity index (χ2v) is 10.1. The molecule has 4 aromatic rings. The molecule has 0 radical (unpaired) electrons. The van der Waals surface area contributed by atoms with Gasteiger partial charge in [-0.2, -0.15) is 0 Å².